The van der Waals surface area contributed by atoms with Crippen LogP contribution < -0.4 is 15.4 Å². The van der Waals surface area contributed by atoms with E-state index in [4.69, 9.17) is 4.74 Å². The van der Waals surface area contributed by atoms with Gasteiger partial charge in [0.2, 0.25) is 5.91 Å². The van der Waals surface area contributed by atoms with Crippen LogP contribution in [0.3, 0.4) is 0 Å². The number of ether oxygens (including phenoxy) is 1. The first-order valence-corrected chi connectivity index (χ1v) is 7.29. The summed E-state index contributed by atoms with van der Waals surface area (Å²) in [6.07, 6.45) is -4.42. The molecule has 9 heteroatoms. The first-order valence-electron chi connectivity index (χ1n) is 7.29. The second-order valence-corrected chi connectivity index (χ2v) is 5.33. The topological polar surface area (TPSA) is 50.4 Å². The van der Waals surface area contributed by atoms with Crippen molar-refractivity contribution >= 4 is 18.3 Å². The average molecular weight is 371 g/mol. The third kappa shape index (κ3) is 4.98. The number of amides is 1. The summed E-state index contributed by atoms with van der Waals surface area (Å²) in [5.41, 5.74) is 0.453. The van der Waals surface area contributed by atoms with Crippen molar-refractivity contribution in [2.45, 2.75) is 19.6 Å². The van der Waals surface area contributed by atoms with E-state index < -0.39 is 29.7 Å². The summed E-state index contributed by atoms with van der Waals surface area (Å²) >= 11 is 0. The van der Waals surface area contributed by atoms with E-state index in [1.807, 2.05) is 0 Å². The van der Waals surface area contributed by atoms with Crippen molar-refractivity contribution in [3.63, 3.8) is 0 Å². The van der Waals surface area contributed by atoms with Gasteiger partial charge in [0.1, 0.15) is 0 Å². The lowest BCUT2D eigenvalue weighted by Crippen LogP contribution is -2.39. The van der Waals surface area contributed by atoms with Gasteiger partial charge in [-0.15, -0.1) is 12.4 Å². The molecule has 0 aromatic heterocycles. The van der Waals surface area contributed by atoms with Gasteiger partial charge in [0.15, 0.2) is 11.6 Å². The van der Waals surface area contributed by atoms with Gasteiger partial charge in [0.05, 0.1) is 18.4 Å². The lowest BCUT2D eigenvalue weighted by molar-refractivity contribution is -0.182. The molecule has 1 saturated heterocycles. The Morgan fingerprint density at radius 2 is 2.08 bits per heavy atom. The van der Waals surface area contributed by atoms with E-state index in [-0.39, 0.29) is 37.8 Å². The lowest BCUT2D eigenvalue weighted by atomic mass is 9.94. The largest absolute Gasteiger partial charge is 0.491 e. The number of nitrogens with one attached hydrogen (secondary N) is 2. The zero-order valence-corrected chi connectivity index (χ0v) is 13.8. The van der Waals surface area contributed by atoms with Crippen molar-refractivity contribution in [2.24, 2.45) is 11.8 Å². The van der Waals surface area contributed by atoms with E-state index in [0.717, 1.165) is 0 Å². The van der Waals surface area contributed by atoms with Crippen LogP contribution in [-0.4, -0.2) is 31.8 Å². The van der Waals surface area contributed by atoms with E-state index in [1.54, 1.807) is 13.0 Å². The molecule has 1 fully saturated rings. The molecular weight excluding hydrogens is 352 g/mol. The Balaban J connectivity index is 0.00000288. The highest BCUT2D eigenvalue weighted by atomic mass is 35.5. The highest BCUT2D eigenvalue weighted by molar-refractivity contribution is 5.85. The van der Waals surface area contributed by atoms with Crippen molar-refractivity contribution in [2.75, 3.05) is 19.7 Å². The van der Waals surface area contributed by atoms with Gasteiger partial charge in [-0.25, -0.2) is 4.39 Å². The van der Waals surface area contributed by atoms with Crippen molar-refractivity contribution in [3.05, 3.63) is 29.6 Å². The van der Waals surface area contributed by atoms with Crippen LogP contribution >= 0.6 is 12.4 Å². The number of hydrogen-bond donors (Lipinski definition) is 2. The Hall–Kier alpha value is -1.54. The van der Waals surface area contributed by atoms with E-state index in [1.165, 1.54) is 12.1 Å². The monoisotopic (exact) mass is 370 g/mol. The minimum absolute atomic E-state index is 0. The first kappa shape index (κ1) is 20.5. The molecule has 1 aromatic rings. The third-order valence-corrected chi connectivity index (χ3v) is 3.73. The summed E-state index contributed by atoms with van der Waals surface area (Å²) in [6.45, 7) is 1.72. The van der Waals surface area contributed by atoms with Gasteiger partial charge < -0.3 is 15.4 Å². The van der Waals surface area contributed by atoms with E-state index >= 15 is 0 Å². The second kappa shape index (κ2) is 8.53. The summed E-state index contributed by atoms with van der Waals surface area (Å²) in [5, 5.41) is 5.02. The Morgan fingerprint density at radius 1 is 1.38 bits per heavy atom. The highest BCUT2D eigenvalue weighted by Crippen LogP contribution is 2.34. The van der Waals surface area contributed by atoms with Crippen molar-refractivity contribution in [1.29, 1.82) is 0 Å². The van der Waals surface area contributed by atoms with Crippen molar-refractivity contribution in [1.82, 2.24) is 10.6 Å². The molecule has 1 aliphatic rings. The van der Waals surface area contributed by atoms with Gasteiger partial charge in [-0.3, -0.25) is 4.79 Å². The van der Waals surface area contributed by atoms with Crippen molar-refractivity contribution in [3.8, 4) is 5.75 Å². The third-order valence-electron chi connectivity index (χ3n) is 3.73. The van der Waals surface area contributed by atoms with Gasteiger partial charge in [-0.05, 0) is 24.6 Å². The minimum Gasteiger partial charge on any atom is -0.491 e. The minimum atomic E-state index is -4.42. The molecule has 0 aliphatic carbocycles. The summed E-state index contributed by atoms with van der Waals surface area (Å²) < 4.78 is 57.2. The Morgan fingerprint density at radius 3 is 2.67 bits per heavy atom. The molecule has 0 unspecified atom stereocenters. The lowest BCUT2D eigenvalue weighted by Gasteiger charge is -2.20. The molecule has 2 atom stereocenters. The molecule has 2 N–H and O–H groups in total. The second-order valence-electron chi connectivity index (χ2n) is 5.33. The normalized spacial score (nSPS) is 20.4. The molecule has 4 nitrogen and oxygen atoms in total. The fourth-order valence-electron chi connectivity index (χ4n) is 2.55. The maximum Gasteiger partial charge on any atom is 0.393 e. The fraction of sp³-hybridized carbons (Fsp3) is 0.533. The zero-order chi connectivity index (χ0) is 17.0. The quantitative estimate of drug-likeness (QED) is 0.783. The SMILES string of the molecule is CCOc1ccc(CNC(=O)[C@@H]2CNC[C@H]2C(F)(F)F)cc1F.Cl. The van der Waals surface area contributed by atoms with Crippen LogP contribution in [0.4, 0.5) is 17.6 Å². The highest BCUT2D eigenvalue weighted by Gasteiger charge is 2.49. The van der Waals surface area contributed by atoms with E-state index in [9.17, 15) is 22.4 Å². The summed E-state index contributed by atoms with van der Waals surface area (Å²) in [5.74, 6) is -4.03. The van der Waals surface area contributed by atoms with Crippen LogP contribution in [0, 0.1) is 17.7 Å². The number of halogens is 5. The molecule has 1 heterocycles. The first-order chi connectivity index (χ1) is 10.8. The summed E-state index contributed by atoms with van der Waals surface area (Å²) in [7, 11) is 0. The smallest absolute Gasteiger partial charge is 0.393 e. The molecule has 1 aliphatic heterocycles. The van der Waals surface area contributed by atoms with Gasteiger partial charge in [0, 0.05) is 19.6 Å². The fourth-order valence-corrected chi connectivity index (χ4v) is 2.55. The van der Waals surface area contributed by atoms with E-state index in [0.29, 0.717) is 12.2 Å². The Kier molecular flexibility index (Phi) is 7.28. The maximum atomic E-state index is 13.7. The number of carbonyl (C=O) groups is 1. The zero-order valence-electron chi connectivity index (χ0n) is 13.0. The standard InChI is InChI=1S/C15H18F4N2O2.ClH/c1-2-23-13-4-3-9(5-12(13)16)6-21-14(22)10-7-20-8-11(10)15(17,18)19;/h3-5,10-11,20H,2,6-8H2,1H3,(H,21,22);1H/t10-,11-;/m1./s1. The Bertz CT molecular complexity index is 569. The van der Waals surface area contributed by atoms with Crippen LogP contribution in [0.1, 0.15) is 12.5 Å². The number of alkyl halides is 3. The van der Waals surface area contributed by atoms with Crippen LogP contribution in [0.5, 0.6) is 5.75 Å². The number of rotatable bonds is 5. The molecule has 136 valence electrons. The van der Waals surface area contributed by atoms with Crippen LogP contribution in [0.25, 0.3) is 0 Å². The average Bonchev–Trinajstić information content (AvgIpc) is 2.97. The van der Waals surface area contributed by atoms with Gasteiger partial charge in [-0.2, -0.15) is 13.2 Å². The molecule has 0 saturated carbocycles. The summed E-state index contributed by atoms with van der Waals surface area (Å²) in [6, 6.07) is 4.18. The van der Waals surface area contributed by atoms with Gasteiger partial charge in [-0.1, -0.05) is 6.07 Å². The van der Waals surface area contributed by atoms with Crippen LogP contribution in [0.2, 0.25) is 0 Å². The number of benzene rings is 1. The predicted molar refractivity (Wildman–Crippen MR) is 82.6 cm³/mol. The van der Waals surface area contributed by atoms with Crippen LogP contribution in [-0.2, 0) is 11.3 Å². The van der Waals surface area contributed by atoms with Crippen LogP contribution in [0.15, 0.2) is 18.2 Å². The van der Waals surface area contributed by atoms with E-state index in [2.05, 4.69) is 10.6 Å². The molecule has 0 spiro atoms. The molecule has 1 aromatic carbocycles. The molecule has 0 bridgehead atoms. The van der Waals surface area contributed by atoms with Gasteiger partial charge in [0.25, 0.3) is 0 Å². The number of hydrogen-bond acceptors (Lipinski definition) is 3. The molecule has 0 radical (unpaired) electrons. The Labute approximate surface area is 143 Å². The molecule has 2 rings (SSSR count). The molecule has 24 heavy (non-hydrogen) atoms. The molecular formula is C15H19ClF4N2O2. The molecule has 1 amide bonds. The summed E-state index contributed by atoms with van der Waals surface area (Å²) in [4.78, 5) is 12.0. The predicted octanol–water partition coefficient (Wildman–Crippen LogP) is 2.66. The number of carbonyl (C=O) groups excluding carboxylic acids is 1. The maximum absolute atomic E-state index is 13.7. The van der Waals surface area contributed by atoms with Crippen molar-refractivity contribution < 1.29 is 27.1 Å². The van der Waals surface area contributed by atoms with Gasteiger partial charge >= 0.3 is 6.18 Å².